The highest BCUT2D eigenvalue weighted by atomic mass is 32.2. The molecule has 1 N–H and O–H groups in total. The van der Waals surface area contributed by atoms with Crippen molar-refractivity contribution in [3.05, 3.63) is 17.8 Å². The highest BCUT2D eigenvalue weighted by Crippen LogP contribution is 2.47. The minimum Gasteiger partial charge on any atom is -0.366 e. The van der Waals surface area contributed by atoms with Gasteiger partial charge in [0.05, 0.1) is 5.69 Å². The highest BCUT2D eigenvalue weighted by molar-refractivity contribution is 8.00. The summed E-state index contributed by atoms with van der Waals surface area (Å²) in [5.74, 6) is 0.0362. The van der Waals surface area contributed by atoms with E-state index in [1.807, 2.05) is 18.7 Å². The predicted molar refractivity (Wildman–Crippen MR) is 65.3 cm³/mol. The van der Waals surface area contributed by atoms with Gasteiger partial charge < -0.3 is 5.32 Å². The van der Waals surface area contributed by atoms with Crippen LogP contribution in [0.3, 0.4) is 0 Å². The van der Waals surface area contributed by atoms with Crippen molar-refractivity contribution in [2.75, 3.05) is 18.1 Å². The van der Waals surface area contributed by atoms with Gasteiger partial charge in [-0.2, -0.15) is 11.8 Å². The van der Waals surface area contributed by atoms with Gasteiger partial charge in [-0.3, -0.25) is 0 Å². The summed E-state index contributed by atoms with van der Waals surface area (Å²) in [4.78, 5) is 7.85. The first-order valence-electron chi connectivity index (χ1n) is 5.49. The summed E-state index contributed by atoms with van der Waals surface area (Å²) in [6, 6.07) is 0. The highest BCUT2D eigenvalue weighted by Gasteiger charge is 2.41. The molecule has 0 radical (unpaired) electrons. The van der Waals surface area contributed by atoms with Crippen molar-refractivity contribution < 1.29 is 4.39 Å². The zero-order valence-electron chi connectivity index (χ0n) is 9.59. The van der Waals surface area contributed by atoms with Crippen LogP contribution < -0.4 is 5.32 Å². The third-order valence-electron chi connectivity index (χ3n) is 3.02. The molecule has 2 rings (SSSR count). The van der Waals surface area contributed by atoms with Crippen LogP contribution in [0.1, 0.15) is 25.5 Å². The van der Waals surface area contributed by atoms with Crippen LogP contribution in [0.4, 0.5) is 10.2 Å². The molecule has 0 spiro atoms. The van der Waals surface area contributed by atoms with Gasteiger partial charge in [-0.05, 0) is 25.5 Å². The van der Waals surface area contributed by atoms with E-state index in [-0.39, 0.29) is 5.82 Å². The van der Waals surface area contributed by atoms with Gasteiger partial charge in [0.1, 0.15) is 6.33 Å². The van der Waals surface area contributed by atoms with Crippen LogP contribution in [0.2, 0.25) is 0 Å². The lowest BCUT2D eigenvalue weighted by atomic mass is 10.3. The third-order valence-corrected chi connectivity index (χ3v) is 4.43. The van der Waals surface area contributed by atoms with Gasteiger partial charge in [-0.1, -0.05) is 6.92 Å². The quantitative estimate of drug-likeness (QED) is 0.859. The maximum atomic E-state index is 13.8. The molecule has 0 saturated heterocycles. The third kappa shape index (κ3) is 2.29. The van der Waals surface area contributed by atoms with Crippen LogP contribution in [0, 0.1) is 5.82 Å². The molecule has 1 fully saturated rings. The summed E-state index contributed by atoms with van der Waals surface area (Å²) in [6.07, 6.45) is 6.52. The van der Waals surface area contributed by atoms with Crippen LogP contribution in [0.25, 0.3) is 0 Å². The minimum absolute atomic E-state index is 0.304. The van der Waals surface area contributed by atoms with Gasteiger partial charge in [-0.15, -0.1) is 0 Å². The first-order valence-corrected chi connectivity index (χ1v) is 6.71. The molecule has 1 saturated carbocycles. The number of aromatic nitrogens is 2. The van der Waals surface area contributed by atoms with Gasteiger partial charge in [0, 0.05) is 11.3 Å². The molecule has 0 atom stereocenters. The number of thioether (sulfide) groups is 1. The fraction of sp³-hybridized carbons (Fsp3) is 0.636. The summed E-state index contributed by atoms with van der Waals surface area (Å²) >= 11 is 1.84. The lowest BCUT2D eigenvalue weighted by Gasteiger charge is -2.14. The summed E-state index contributed by atoms with van der Waals surface area (Å²) in [5.41, 5.74) is 0.478. The molecular weight excluding hydrogens is 225 g/mol. The standard InChI is InChI=1S/C11H16FN3S/c1-3-8-9(12)10(15-7-14-8)13-6-11(16-2)4-5-11/h7H,3-6H2,1-2H3,(H,13,14,15). The van der Waals surface area contributed by atoms with Gasteiger partial charge in [0.2, 0.25) is 0 Å². The van der Waals surface area contributed by atoms with E-state index >= 15 is 0 Å². The van der Waals surface area contributed by atoms with Crippen molar-refractivity contribution in [2.24, 2.45) is 0 Å². The maximum absolute atomic E-state index is 13.8. The molecular formula is C11H16FN3S. The second kappa shape index (κ2) is 4.57. The van der Waals surface area contributed by atoms with Crippen LogP contribution in [0.15, 0.2) is 6.33 Å². The lowest BCUT2D eigenvalue weighted by molar-refractivity contribution is 0.596. The Morgan fingerprint density at radius 3 is 2.81 bits per heavy atom. The Hall–Kier alpha value is -0.840. The fourth-order valence-corrected chi connectivity index (χ4v) is 2.34. The van der Waals surface area contributed by atoms with E-state index < -0.39 is 0 Å². The van der Waals surface area contributed by atoms with E-state index in [0.29, 0.717) is 22.7 Å². The average molecular weight is 241 g/mol. The summed E-state index contributed by atoms with van der Waals surface area (Å²) < 4.78 is 14.1. The molecule has 0 aromatic carbocycles. The molecule has 1 aromatic heterocycles. The molecule has 1 aromatic rings. The second-order valence-electron chi connectivity index (χ2n) is 4.08. The Morgan fingerprint density at radius 1 is 1.50 bits per heavy atom. The van der Waals surface area contributed by atoms with Crippen molar-refractivity contribution in [1.82, 2.24) is 9.97 Å². The van der Waals surface area contributed by atoms with Gasteiger partial charge in [0.15, 0.2) is 11.6 Å². The molecule has 1 aliphatic rings. The molecule has 0 amide bonds. The fourth-order valence-electron chi connectivity index (χ4n) is 1.61. The Kier molecular flexibility index (Phi) is 3.33. The van der Waals surface area contributed by atoms with Crippen molar-refractivity contribution in [2.45, 2.75) is 30.9 Å². The van der Waals surface area contributed by atoms with Crippen molar-refractivity contribution in [3.63, 3.8) is 0 Å². The van der Waals surface area contributed by atoms with Crippen LogP contribution in [-0.4, -0.2) is 27.5 Å². The molecule has 16 heavy (non-hydrogen) atoms. The zero-order chi connectivity index (χ0) is 11.6. The van der Waals surface area contributed by atoms with Crippen LogP contribution >= 0.6 is 11.8 Å². The van der Waals surface area contributed by atoms with E-state index in [2.05, 4.69) is 21.5 Å². The molecule has 3 nitrogen and oxygen atoms in total. The van der Waals surface area contributed by atoms with Crippen LogP contribution in [-0.2, 0) is 6.42 Å². The van der Waals surface area contributed by atoms with Crippen LogP contribution in [0.5, 0.6) is 0 Å². The number of halogens is 1. The van der Waals surface area contributed by atoms with Gasteiger partial charge in [0.25, 0.3) is 0 Å². The number of aryl methyl sites for hydroxylation is 1. The Bertz CT molecular complexity index is 379. The number of nitrogens with zero attached hydrogens (tertiary/aromatic N) is 2. The largest absolute Gasteiger partial charge is 0.366 e. The Morgan fingerprint density at radius 2 is 2.25 bits per heavy atom. The predicted octanol–water partition coefficient (Wildman–Crippen LogP) is 2.49. The molecule has 5 heteroatoms. The molecule has 1 heterocycles. The van der Waals surface area contributed by atoms with Crippen molar-refractivity contribution in [1.29, 1.82) is 0 Å². The minimum atomic E-state index is -0.304. The summed E-state index contributed by atoms with van der Waals surface area (Å²) in [6.45, 7) is 2.67. The first-order chi connectivity index (χ1) is 7.71. The number of nitrogens with one attached hydrogen (secondary N) is 1. The van der Waals surface area contributed by atoms with Crippen molar-refractivity contribution in [3.8, 4) is 0 Å². The molecule has 88 valence electrons. The Labute approximate surface area is 99.3 Å². The normalized spacial score (nSPS) is 17.2. The molecule has 0 bridgehead atoms. The average Bonchev–Trinajstić information content (AvgIpc) is 3.08. The maximum Gasteiger partial charge on any atom is 0.186 e. The lowest BCUT2D eigenvalue weighted by Crippen LogP contribution is -2.19. The van der Waals surface area contributed by atoms with E-state index in [4.69, 9.17) is 0 Å². The van der Waals surface area contributed by atoms with E-state index in [9.17, 15) is 4.39 Å². The first kappa shape index (κ1) is 11.6. The molecule has 0 unspecified atom stereocenters. The SMILES string of the molecule is CCc1ncnc(NCC2(SC)CC2)c1F. The number of rotatable bonds is 5. The summed E-state index contributed by atoms with van der Waals surface area (Å²) in [5, 5.41) is 3.09. The summed E-state index contributed by atoms with van der Waals surface area (Å²) in [7, 11) is 0. The Balaban J connectivity index is 2.04. The molecule has 1 aliphatic carbocycles. The number of anilines is 1. The number of hydrogen-bond acceptors (Lipinski definition) is 4. The van der Waals surface area contributed by atoms with Gasteiger partial charge >= 0.3 is 0 Å². The molecule has 0 aliphatic heterocycles. The van der Waals surface area contributed by atoms with E-state index in [1.165, 1.54) is 19.2 Å². The second-order valence-corrected chi connectivity index (χ2v) is 5.35. The topological polar surface area (TPSA) is 37.8 Å². The van der Waals surface area contributed by atoms with E-state index in [0.717, 1.165) is 6.54 Å². The van der Waals surface area contributed by atoms with Gasteiger partial charge in [-0.25, -0.2) is 14.4 Å². The van der Waals surface area contributed by atoms with Crippen molar-refractivity contribution >= 4 is 17.6 Å². The number of hydrogen-bond donors (Lipinski definition) is 1. The monoisotopic (exact) mass is 241 g/mol. The smallest absolute Gasteiger partial charge is 0.186 e. The van der Waals surface area contributed by atoms with E-state index in [1.54, 1.807) is 0 Å². The zero-order valence-corrected chi connectivity index (χ0v) is 10.4.